The molecule has 0 aliphatic carbocycles. The molecule has 0 saturated carbocycles. The van der Waals surface area contributed by atoms with Gasteiger partial charge in [-0.1, -0.05) is 13.3 Å². The fraction of sp³-hybridized carbons (Fsp3) is 0.889. The molecule has 1 rings (SSSR count). The zero-order valence-electron chi connectivity index (χ0n) is 7.88. The highest BCUT2D eigenvalue weighted by Crippen LogP contribution is 2.18. The first-order valence-electron chi connectivity index (χ1n) is 4.70. The zero-order chi connectivity index (χ0) is 8.97. The largest absolute Gasteiger partial charge is 0.465 e. The quantitative estimate of drug-likeness (QED) is 0.457. The molecule has 0 bridgehead atoms. The fourth-order valence-electron chi connectivity index (χ4n) is 1.25. The summed E-state index contributed by atoms with van der Waals surface area (Å²) in [5.41, 5.74) is 0. The second-order valence-electron chi connectivity index (χ2n) is 3.12. The Bertz CT molecular complexity index is 159. The average molecular weight is 171 g/mol. The summed E-state index contributed by atoms with van der Waals surface area (Å²) in [6, 6.07) is 0.0801. The first-order valence-corrected chi connectivity index (χ1v) is 4.70. The molecule has 0 N–H and O–H groups in total. The highest BCUT2D eigenvalue weighted by Gasteiger charge is 2.40. The van der Waals surface area contributed by atoms with Gasteiger partial charge in [-0.3, -0.25) is 9.69 Å². The van der Waals surface area contributed by atoms with E-state index in [0.29, 0.717) is 6.61 Å². The molecule has 0 aromatic carbocycles. The van der Waals surface area contributed by atoms with Crippen molar-refractivity contribution in [1.29, 1.82) is 0 Å². The van der Waals surface area contributed by atoms with Gasteiger partial charge in [-0.25, -0.2) is 0 Å². The third-order valence-corrected chi connectivity index (χ3v) is 2.07. The van der Waals surface area contributed by atoms with Crippen molar-refractivity contribution in [1.82, 2.24) is 4.90 Å². The van der Waals surface area contributed by atoms with Gasteiger partial charge >= 0.3 is 5.97 Å². The highest BCUT2D eigenvalue weighted by molar-refractivity contribution is 5.79. The second-order valence-corrected chi connectivity index (χ2v) is 3.12. The Balaban J connectivity index is 2.10. The Kier molecular flexibility index (Phi) is 3.53. The molecule has 0 amide bonds. The van der Waals surface area contributed by atoms with Gasteiger partial charge in [-0.2, -0.15) is 0 Å². The number of esters is 1. The normalized spacial score (nSPS) is 26.8. The topological polar surface area (TPSA) is 29.3 Å². The summed E-state index contributed by atoms with van der Waals surface area (Å²) in [5, 5.41) is 0. The highest BCUT2D eigenvalue weighted by atomic mass is 16.5. The van der Waals surface area contributed by atoms with E-state index in [1.54, 1.807) is 0 Å². The Hall–Kier alpha value is -0.570. The van der Waals surface area contributed by atoms with Crippen LogP contribution in [-0.2, 0) is 9.53 Å². The van der Waals surface area contributed by atoms with Crippen molar-refractivity contribution in [3.63, 3.8) is 0 Å². The van der Waals surface area contributed by atoms with Crippen molar-refractivity contribution >= 4 is 5.97 Å². The molecule has 0 spiro atoms. The van der Waals surface area contributed by atoms with Gasteiger partial charge in [0, 0.05) is 6.54 Å². The van der Waals surface area contributed by atoms with E-state index >= 15 is 0 Å². The van der Waals surface area contributed by atoms with Crippen LogP contribution in [0, 0.1) is 0 Å². The van der Waals surface area contributed by atoms with Crippen LogP contribution in [0.4, 0.5) is 0 Å². The molecule has 0 radical (unpaired) electrons. The Labute approximate surface area is 73.7 Å². The van der Waals surface area contributed by atoms with Crippen LogP contribution < -0.4 is 0 Å². The van der Waals surface area contributed by atoms with E-state index in [9.17, 15) is 4.79 Å². The second kappa shape index (κ2) is 4.45. The van der Waals surface area contributed by atoms with Gasteiger partial charge in [0.25, 0.3) is 0 Å². The molecule has 1 fully saturated rings. The number of unbranched alkanes of at least 4 members (excludes halogenated alkanes) is 1. The van der Waals surface area contributed by atoms with Gasteiger partial charge in [0.15, 0.2) is 0 Å². The van der Waals surface area contributed by atoms with Crippen molar-refractivity contribution in [3.8, 4) is 0 Å². The number of nitrogens with zero attached hydrogens (tertiary/aromatic N) is 1. The lowest BCUT2D eigenvalue weighted by molar-refractivity contribution is -0.143. The minimum absolute atomic E-state index is 0.0476. The molecule has 0 aromatic heterocycles. The van der Waals surface area contributed by atoms with Crippen LogP contribution in [0.2, 0.25) is 0 Å². The smallest absolute Gasteiger partial charge is 0.324 e. The minimum atomic E-state index is -0.0476. The maximum Gasteiger partial charge on any atom is 0.324 e. The summed E-state index contributed by atoms with van der Waals surface area (Å²) in [4.78, 5) is 13.3. The van der Waals surface area contributed by atoms with Crippen molar-refractivity contribution in [2.45, 2.75) is 32.7 Å². The molecule has 2 unspecified atom stereocenters. The summed E-state index contributed by atoms with van der Waals surface area (Å²) >= 11 is 0. The number of ether oxygens (including phenoxy) is 1. The van der Waals surface area contributed by atoms with E-state index in [-0.39, 0.29) is 12.0 Å². The molecule has 2 atom stereocenters. The Morgan fingerprint density at radius 3 is 2.92 bits per heavy atom. The molecule has 1 aliphatic rings. The molecule has 1 heterocycles. The molecule has 70 valence electrons. The molecule has 1 aliphatic heterocycles. The van der Waals surface area contributed by atoms with Crippen LogP contribution in [0.25, 0.3) is 0 Å². The van der Waals surface area contributed by atoms with Crippen LogP contribution >= 0.6 is 0 Å². The van der Waals surface area contributed by atoms with Gasteiger partial charge in [0.1, 0.15) is 6.04 Å². The van der Waals surface area contributed by atoms with Crippen LogP contribution in [0.15, 0.2) is 0 Å². The zero-order valence-corrected chi connectivity index (χ0v) is 7.88. The van der Waals surface area contributed by atoms with Crippen molar-refractivity contribution in [2.75, 3.05) is 19.7 Å². The fourth-order valence-corrected chi connectivity index (χ4v) is 1.25. The first-order chi connectivity index (χ1) is 5.79. The molecule has 0 aromatic rings. The van der Waals surface area contributed by atoms with Gasteiger partial charge in [-0.05, 0) is 19.9 Å². The standard InChI is InChI=1S/C9H17NO2/c1-3-5-6-10-7-8(10)9(11)12-4-2/h8H,3-7H2,1-2H3. The van der Waals surface area contributed by atoms with E-state index < -0.39 is 0 Å². The number of rotatable bonds is 5. The summed E-state index contributed by atoms with van der Waals surface area (Å²) in [6.07, 6.45) is 2.36. The van der Waals surface area contributed by atoms with Gasteiger partial charge < -0.3 is 4.74 Å². The lowest BCUT2D eigenvalue weighted by Gasteiger charge is -2.01. The Morgan fingerprint density at radius 2 is 2.33 bits per heavy atom. The molecule has 1 saturated heterocycles. The SMILES string of the molecule is CCCCN1CC1C(=O)OCC. The molecular formula is C9H17NO2. The lowest BCUT2D eigenvalue weighted by Crippen LogP contribution is -2.16. The number of carbonyl (C=O) groups excluding carboxylic acids is 1. The minimum Gasteiger partial charge on any atom is -0.465 e. The van der Waals surface area contributed by atoms with E-state index in [4.69, 9.17) is 4.74 Å². The van der Waals surface area contributed by atoms with Gasteiger partial charge in [-0.15, -0.1) is 0 Å². The van der Waals surface area contributed by atoms with E-state index in [1.807, 2.05) is 6.92 Å². The van der Waals surface area contributed by atoms with Crippen LogP contribution in [0.5, 0.6) is 0 Å². The number of carbonyl (C=O) groups is 1. The average Bonchev–Trinajstić information content (AvgIpc) is 2.80. The van der Waals surface area contributed by atoms with Crippen molar-refractivity contribution < 1.29 is 9.53 Å². The number of hydrogen-bond donors (Lipinski definition) is 0. The van der Waals surface area contributed by atoms with Crippen LogP contribution in [0.3, 0.4) is 0 Å². The molecule has 3 heteroatoms. The monoisotopic (exact) mass is 171 g/mol. The molecule has 12 heavy (non-hydrogen) atoms. The van der Waals surface area contributed by atoms with Crippen LogP contribution in [0.1, 0.15) is 26.7 Å². The molecule has 3 nitrogen and oxygen atoms in total. The van der Waals surface area contributed by atoms with E-state index in [2.05, 4.69) is 11.8 Å². The van der Waals surface area contributed by atoms with E-state index in [0.717, 1.165) is 13.1 Å². The predicted molar refractivity (Wildman–Crippen MR) is 46.9 cm³/mol. The number of hydrogen-bond acceptors (Lipinski definition) is 3. The summed E-state index contributed by atoms with van der Waals surface area (Å²) < 4.78 is 4.90. The lowest BCUT2D eigenvalue weighted by atomic mass is 10.3. The maximum atomic E-state index is 11.1. The third kappa shape index (κ3) is 2.48. The summed E-state index contributed by atoms with van der Waals surface area (Å²) in [5.74, 6) is -0.0476. The van der Waals surface area contributed by atoms with Crippen LogP contribution in [-0.4, -0.2) is 36.6 Å². The van der Waals surface area contributed by atoms with Gasteiger partial charge in [0.2, 0.25) is 0 Å². The summed E-state index contributed by atoms with van der Waals surface area (Å²) in [7, 11) is 0. The van der Waals surface area contributed by atoms with Crippen molar-refractivity contribution in [2.24, 2.45) is 0 Å². The van der Waals surface area contributed by atoms with Crippen molar-refractivity contribution in [3.05, 3.63) is 0 Å². The predicted octanol–water partition coefficient (Wildman–Crippen LogP) is 1.03. The molecular weight excluding hydrogens is 154 g/mol. The van der Waals surface area contributed by atoms with E-state index in [1.165, 1.54) is 12.8 Å². The Morgan fingerprint density at radius 1 is 1.58 bits per heavy atom. The maximum absolute atomic E-state index is 11.1. The third-order valence-electron chi connectivity index (χ3n) is 2.07. The summed E-state index contributed by atoms with van der Waals surface area (Å²) in [6.45, 7) is 6.44. The first kappa shape index (κ1) is 9.52. The van der Waals surface area contributed by atoms with Gasteiger partial charge in [0.05, 0.1) is 6.61 Å².